The van der Waals surface area contributed by atoms with Crippen LogP contribution in [0, 0.1) is 50.2 Å². The van der Waals surface area contributed by atoms with E-state index in [1.807, 2.05) is 13.8 Å². The Hall–Kier alpha value is -1.11. The molecule has 6 rings (SSSR count). The van der Waals surface area contributed by atoms with E-state index < -0.39 is 77.8 Å². The zero-order valence-electron chi connectivity index (χ0n) is 28.6. The summed E-state index contributed by atoms with van der Waals surface area (Å²) in [5.74, 6) is -0.311. The minimum atomic E-state index is -1.70. The molecule has 10 nitrogen and oxygen atoms in total. The van der Waals surface area contributed by atoms with E-state index in [9.17, 15) is 40.5 Å². The normalized spacial score (nSPS) is 54.3. The summed E-state index contributed by atoms with van der Waals surface area (Å²) in [6, 6.07) is 0. The molecule has 0 unspecified atom stereocenters. The molecular weight excluding hydrogens is 592 g/mol. The second kappa shape index (κ2) is 10.9. The fraction of sp³-hybridized carbons (Fsp3) is 0.917. The quantitative estimate of drug-likeness (QED) is 0.177. The third kappa shape index (κ3) is 4.53. The fourth-order valence-corrected chi connectivity index (χ4v) is 12.1. The lowest BCUT2D eigenvalue weighted by molar-refractivity contribution is -0.298. The molecule has 0 amide bonds. The summed E-state index contributed by atoms with van der Waals surface area (Å²) in [6.45, 7) is 14.7. The van der Waals surface area contributed by atoms with Crippen LogP contribution in [0.25, 0.3) is 0 Å². The van der Waals surface area contributed by atoms with Crippen LogP contribution in [0.5, 0.6) is 0 Å². The van der Waals surface area contributed by atoms with Crippen LogP contribution in [0.1, 0.15) is 99.8 Å². The first-order valence-corrected chi connectivity index (χ1v) is 17.5. The van der Waals surface area contributed by atoms with E-state index in [2.05, 4.69) is 40.7 Å². The average molecular weight is 651 g/mol. The molecule has 1 heterocycles. The van der Waals surface area contributed by atoms with Crippen LogP contribution in [0.3, 0.4) is 0 Å². The molecule has 1 saturated heterocycles. The highest BCUT2D eigenvalue weighted by molar-refractivity contribution is 5.79. The molecule has 6 aliphatic rings. The van der Waals surface area contributed by atoms with Crippen LogP contribution in [0.15, 0.2) is 11.6 Å². The lowest BCUT2D eigenvalue weighted by Gasteiger charge is -2.71. The average Bonchev–Trinajstić information content (AvgIpc) is 2.97. The van der Waals surface area contributed by atoms with E-state index >= 15 is 0 Å². The van der Waals surface area contributed by atoms with Crippen LogP contribution in [0.2, 0.25) is 0 Å². The van der Waals surface area contributed by atoms with E-state index in [4.69, 9.17) is 9.47 Å². The number of hydrogen-bond donors (Lipinski definition) is 7. The van der Waals surface area contributed by atoms with Gasteiger partial charge in [-0.3, -0.25) is 4.79 Å². The number of ether oxygens (including phenoxy) is 2. The molecule has 7 N–H and O–H groups in total. The summed E-state index contributed by atoms with van der Waals surface area (Å²) in [7, 11) is 0. The molecule has 262 valence electrons. The highest BCUT2D eigenvalue weighted by Crippen LogP contribution is 2.75. The van der Waals surface area contributed by atoms with Crippen molar-refractivity contribution in [1.29, 1.82) is 0 Å². The van der Waals surface area contributed by atoms with E-state index in [0.29, 0.717) is 25.7 Å². The third-order valence-corrected chi connectivity index (χ3v) is 15.2. The van der Waals surface area contributed by atoms with Crippen molar-refractivity contribution in [2.75, 3.05) is 6.61 Å². The van der Waals surface area contributed by atoms with Crippen LogP contribution >= 0.6 is 0 Å². The van der Waals surface area contributed by atoms with Crippen molar-refractivity contribution >= 4 is 5.97 Å². The summed E-state index contributed by atoms with van der Waals surface area (Å²) < 4.78 is 11.4. The van der Waals surface area contributed by atoms with Crippen molar-refractivity contribution in [3.63, 3.8) is 0 Å². The molecule has 10 heteroatoms. The molecule has 0 radical (unpaired) electrons. The first-order chi connectivity index (χ1) is 21.2. The maximum absolute atomic E-state index is 14.4. The Morgan fingerprint density at radius 1 is 0.870 bits per heavy atom. The van der Waals surface area contributed by atoms with Gasteiger partial charge >= 0.3 is 5.97 Å². The van der Waals surface area contributed by atoms with Crippen molar-refractivity contribution in [2.24, 2.45) is 50.2 Å². The van der Waals surface area contributed by atoms with Crippen LogP contribution in [-0.4, -0.2) is 97.3 Å². The number of rotatable bonds is 3. The van der Waals surface area contributed by atoms with Crippen molar-refractivity contribution in [2.45, 2.75) is 149 Å². The summed E-state index contributed by atoms with van der Waals surface area (Å²) in [5.41, 5.74) is -1.32. The van der Waals surface area contributed by atoms with E-state index in [0.717, 1.165) is 19.3 Å². The molecule has 0 aromatic heterocycles. The number of allylic oxidation sites excluding steroid dienone is 2. The topological polar surface area (TPSA) is 177 Å². The molecular formula is C36H58O10. The molecule has 15 atom stereocenters. The predicted octanol–water partition coefficient (Wildman–Crippen LogP) is 2.43. The summed E-state index contributed by atoms with van der Waals surface area (Å²) in [6.07, 6.45) is -2.50. The maximum Gasteiger partial charge on any atom is 0.315 e. The van der Waals surface area contributed by atoms with Crippen molar-refractivity contribution in [3.8, 4) is 0 Å². The first kappa shape index (κ1) is 34.7. The van der Waals surface area contributed by atoms with Gasteiger partial charge in [0.15, 0.2) is 0 Å². The second-order valence-corrected chi connectivity index (χ2v) is 18.1. The monoisotopic (exact) mass is 650 g/mol. The van der Waals surface area contributed by atoms with Gasteiger partial charge < -0.3 is 45.2 Å². The Balaban J connectivity index is 1.38. The number of hydrogen-bond acceptors (Lipinski definition) is 10. The summed E-state index contributed by atoms with van der Waals surface area (Å²) in [5, 5.41) is 74.6. The van der Waals surface area contributed by atoms with Gasteiger partial charge in [0.1, 0.15) is 24.4 Å². The van der Waals surface area contributed by atoms with Gasteiger partial charge in [-0.2, -0.15) is 0 Å². The highest BCUT2D eigenvalue weighted by Gasteiger charge is 2.71. The lowest BCUT2D eigenvalue weighted by Crippen LogP contribution is -2.67. The van der Waals surface area contributed by atoms with Gasteiger partial charge in [-0.1, -0.05) is 60.1 Å². The predicted molar refractivity (Wildman–Crippen MR) is 168 cm³/mol. The van der Waals surface area contributed by atoms with E-state index in [-0.39, 0.29) is 40.4 Å². The minimum absolute atomic E-state index is 0.131. The standard InChI is InChI=1S/C36H58O10/c1-31(2)14-19-18-8-9-23-33(5)15-20(38)28(43)32(3,4)22(33)10-11-35(23,7)34(18,6)12-13-36(19,16-24(31)39)30(44)46-29-27(42)26(41)25(40)21(17-37)45-29/h8,19-29,37-43H,9-17H2,1-7H3/t19-,20-,21-,22+,23-,24+,25-,26+,27-,28+,29+,33+,34-,35-,36-/m1/s1. The zero-order chi connectivity index (χ0) is 34.0. The van der Waals surface area contributed by atoms with Crippen LogP contribution in [0.4, 0.5) is 0 Å². The molecule has 4 saturated carbocycles. The van der Waals surface area contributed by atoms with Crippen molar-refractivity contribution in [1.82, 2.24) is 0 Å². The van der Waals surface area contributed by atoms with Gasteiger partial charge in [0.05, 0.1) is 30.3 Å². The van der Waals surface area contributed by atoms with Crippen LogP contribution < -0.4 is 0 Å². The SMILES string of the molecule is CC1(C)C[C@@H]2C3=CC[C@@H]4[C@@]5(C)C[C@@H](O)[C@H](O)C(C)(C)[C@@H]5CC[C@@]4(C)[C@]3(C)CC[C@@]2(C(=O)O[C@@H]2O[C@H](CO)[C@@H](O)[C@H](O)[C@H]2O)C[C@@H]1O. The molecule has 5 fully saturated rings. The zero-order valence-corrected chi connectivity index (χ0v) is 28.6. The van der Waals surface area contributed by atoms with Gasteiger partial charge in [-0.25, -0.2) is 0 Å². The summed E-state index contributed by atoms with van der Waals surface area (Å²) >= 11 is 0. The van der Waals surface area contributed by atoms with Crippen molar-refractivity contribution in [3.05, 3.63) is 11.6 Å². The number of carbonyl (C=O) groups excluding carboxylic acids is 1. The smallest absolute Gasteiger partial charge is 0.315 e. The van der Waals surface area contributed by atoms with Gasteiger partial charge in [0.2, 0.25) is 6.29 Å². The molecule has 0 aromatic rings. The van der Waals surface area contributed by atoms with E-state index in [1.54, 1.807) is 0 Å². The van der Waals surface area contributed by atoms with Gasteiger partial charge in [-0.05, 0) is 96.2 Å². The number of fused-ring (bicyclic) bond motifs is 7. The Kier molecular flexibility index (Phi) is 8.27. The number of carbonyl (C=O) groups is 1. The fourth-order valence-electron chi connectivity index (χ4n) is 12.1. The first-order valence-electron chi connectivity index (χ1n) is 17.5. The largest absolute Gasteiger partial charge is 0.432 e. The van der Waals surface area contributed by atoms with Crippen LogP contribution in [-0.2, 0) is 14.3 Å². The Bertz CT molecular complexity index is 1250. The Morgan fingerprint density at radius 3 is 2.20 bits per heavy atom. The number of aliphatic hydroxyl groups is 7. The van der Waals surface area contributed by atoms with Crippen molar-refractivity contribution < 1.29 is 50.0 Å². The van der Waals surface area contributed by atoms with Gasteiger partial charge in [0.25, 0.3) is 0 Å². The molecule has 0 spiro atoms. The number of aliphatic hydroxyl groups excluding tert-OH is 7. The minimum Gasteiger partial charge on any atom is -0.432 e. The highest BCUT2D eigenvalue weighted by atomic mass is 16.7. The molecule has 1 aliphatic heterocycles. The Labute approximate surface area is 273 Å². The number of esters is 1. The lowest BCUT2D eigenvalue weighted by atomic mass is 9.33. The maximum atomic E-state index is 14.4. The molecule has 0 bridgehead atoms. The molecule has 5 aliphatic carbocycles. The van der Waals surface area contributed by atoms with Gasteiger partial charge in [-0.15, -0.1) is 0 Å². The summed E-state index contributed by atoms with van der Waals surface area (Å²) in [4.78, 5) is 14.4. The van der Waals surface area contributed by atoms with E-state index in [1.165, 1.54) is 5.57 Å². The Morgan fingerprint density at radius 2 is 1.54 bits per heavy atom. The van der Waals surface area contributed by atoms with Gasteiger partial charge in [0, 0.05) is 0 Å². The molecule has 46 heavy (non-hydrogen) atoms. The second-order valence-electron chi connectivity index (χ2n) is 18.1. The third-order valence-electron chi connectivity index (χ3n) is 15.2. The molecule has 0 aromatic carbocycles.